The highest BCUT2D eigenvalue weighted by Gasteiger charge is 2.40. The van der Waals surface area contributed by atoms with Crippen LogP contribution in [0.15, 0.2) is 18.2 Å². The van der Waals surface area contributed by atoms with E-state index in [0.717, 1.165) is 43.9 Å². The molecular weight excluding hydrogens is 269 g/mol. The summed E-state index contributed by atoms with van der Waals surface area (Å²) in [5, 5.41) is 3.30. The van der Waals surface area contributed by atoms with E-state index in [1.54, 1.807) is 11.0 Å². The minimum Gasteiger partial charge on any atom is -0.314 e. The number of hydrogen-bond donors (Lipinski definition) is 1. The second kappa shape index (κ2) is 5.39. The second-order valence-electron chi connectivity index (χ2n) is 6.28. The fourth-order valence-electron chi connectivity index (χ4n) is 3.25. The van der Waals surface area contributed by atoms with Gasteiger partial charge in [0.2, 0.25) is 5.91 Å². The molecule has 1 N–H and O–H groups in total. The number of halogens is 1. The van der Waals surface area contributed by atoms with Crippen molar-refractivity contribution in [1.82, 2.24) is 10.2 Å². The predicted octanol–water partition coefficient (Wildman–Crippen LogP) is 1.40. The molecule has 0 aliphatic carbocycles. The summed E-state index contributed by atoms with van der Waals surface area (Å²) in [5.74, 6) is -0.220. The van der Waals surface area contributed by atoms with Crippen LogP contribution in [-0.2, 0) is 11.2 Å². The molecule has 0 bridgehead atoms. The predicted molar refractivity (Wildman–Crippen MR) is 81.0 cm³/mol. The number of piperazine rings is 1. The van der Waals surface area contributed by atoms with Gasteiger partial charge in [-0.05, 0) is 38.0 Å². The average molecular weight is 291 g/mol. The monoisotopic (exact) mass is 291 g/mol. The molecule has 0 atom stereocenters. The molecule has 0 saturated carbocycles. The Kier molecular flexibility index (Phi) is 3.71. The van der Waals surface area contributed by atoms with Crippen LogP contribution in [0.3, 0.4) is 0 Å². The molecule has 4 nitrogen and oxygen atoms in total. The van der Waals surface area contributed by atoms with E-state index >= 15 is 0 Å². The lowest BCUT2D eigenvalue weighted by molar-refractivity contribution is -0.129. The molecule has 2 heterocycles. The maximum Gasteiger partial charge on any atom is 0.246 e. The molecule has 21 heavy (non-hydrogen) atoms. The lowest BCUT2D eigenvalue weighted by Gasteiger charge is -2.41. The van der Waals surface area contributed by atoms with Crippen LogP contribution in [0, 0.1) is 5.82 Å². The second-order valence-corrected chi connectivity index (χ2v) is 6.28. The molecule has 0 radical (unpaired) electrons. The molecule has 1 amide bonds. The van der Waals surface area contributed by atoms with Crippen LogP contribution in [0.25, 0.3) is 0 Å². The molecule has 1 aromatic carbocycles. The van der Waals surface area contributed by atoms with Crippen molar-refractivity contribution in [2.24, 2.45) is 0 Å². The van der Waals surface area contributed by atoms with Gasteiger partial charge < -0.3 is 10.2 Å². The Morgan fingerprint density at radius 2 is 1.95 bits per heavy atom. The fourth-order valence-corrected chi connectivity index (χ4v) is 3.25. The number of carbonyl (C=O) groups excluding carboxylic acids is 1. The Hall–Kier alpha value is -1.46. The topological polar surface area (TPSA) is 35.6 Å². The highest BCUT2D eigenvalue weighted by molar-refractivity contribution is 6.01. The van der Waals surface area contributed by atoms with Gasteiger partial charge in [-0.25, -0.2) is 4.39 Å². The summed E-state index contributed by atoms with van der Waals surface area (Å²) >= 11 is 0. The highest BCUT2D eigenvalue weighted by Crippen LogP contribution is 2.32. The molecule has 2 aliphatic heterocycles. The van der Waals surface area contributed by atoms with Crippen molar-refractivity contribution in [2.75, 3.05) is 37.6 Å². The van der Waals surface area contributed by atoms with E-state index in [2.05, 4.69) is 10.2 Å². The van der Waals surface area contributed by atoms with Crippen LogP contribution < -0.4 is 10.2 Å². The van der Waals surface area contributed by atoms with Crippen LogP contribution in [0.4, 0.5) is 10.1 Å². The molecule has 5 heteroatoms. The van der Waals surface area contributed by atoms with Crippen molar-refractivity contribution >= 4 is 11.6 Å². The molecule has 3 rings (SSSR count). The van der Waals surface area contributed by atoms with Crippen molar-refractivity contribution in [2.45, 2.75) is 25.8 Å². The lowest BCUT2D eigenvalue weighted by atomic mass is 9.99. The van der Waals surface area contributed by atoms with E-state index in [-0.39, 0.29) is 11.7 Å². The number of anilines is 1. The number of amides is 1. The number of fused-ring (bicyclic) bond motifs is 1. The third-order valence-electron chi connectivity index (χ3n) is 4.62. The first-order chi connectivity index (χ1) is 10.00. The summed E-state index contributed by atoms with van der Waals surface area (Å²) in [5.41, 5.74) is 1.24. The van der Waals surface area contributed by atoms with E-state index < -0.39 is 5.54 Å². The zero-order chi connectivity index (χ0) is 15.0. The van der Waals surface area contributed by atoms with Gasteiger partial charge in [0.1, 0.15) is 5.82 Å². The average Bonchev–Trinajstić information content (AvgIpc) is 2.90. The van der Waals surface area contributed by atoms with Gasteiger partial charge in [0.05, 0.1) is 5.54 Å². The Bertz CT molecular complexity index is 552. The van der Waals surface area contributed by atoms with E-state index in [1.165, 1.54) is 12.1 Å². The summed E-state index contributed by atoms with van der Waals surface area (Å²) in [4.78, 5) is 16.9. The van der Waals surface area contributed by atoms with Crippen molar-refractivity contribution in [3.63, 3.8) is 0 Å². The minimum absolute atomic E-state index is 0.0637. The van der Waals surface area contributed by atoms with Gasteiger partial charge in [-0.2, -0.15) is 0 Å². The first-order valence-corrected chi connectivity index (χ1v) is 7.56. The first-order valence-electron chi connectivity index (χ1n) is 7.56. The lowest BCUT2D eigenvalue weighted by Crippen LogP contribution is -2.60. The van der Waals surface area contributed by atoms with Crippen LogP contribution in [-0.4, -0.2) is 49.1 Å². The van der Waals surface area contributed by atoms with Gasteiger partial charge in [0.25, 0.3) is 0 Å². The Balaban J connectivity index is 1.84. The van der Waals surface area contributed by atoms with E-state index in [9.17, 15) is 9.18 Å². The Morgan fingerprint density at radius 3 is 2.67 bits per heavy atom. The number of nitrogens with one attached hydrogen (secondary N) is 1. The van der Waals surface area contributed by atoms with E-state index in [1.807, 2.05) is 13.8 Å². The standard InChI is InChI=1S/C16H22FN3O/c1-16(2,19-9-6-18-7-10-19)15(21)20-8-5-12-3-4-13(17)11-14(12)20/h3-4,11,18H,5-10H2,1-2H3. The molecule has 1 fully saturated rings. The quantitative estimate of drug-likeness (QED) is 0.894. The maximum atomic E-state index is 13.5. The van der Waals surface area contributed by atoms with Gasteiger partial charge in [-0.15, -0.1) is 0 Å². The Labute approximate surface area is 124 Å². The molecule has 0 spiro atoms. The SMILES string of the molecule is CC(C)(C(=O)N1CCc2ccc(F)cc21)N1CCNCC1. The first kappa shape index (κ1) is 14.5. The zero-order valence-electron chi connectivity index (χ0n) is 12.7. The smallest absolute Gasteiger partial charge is 0.246 e. The molecular formula is C16H22FN3O. The van der Waals surface area contributed by atoms with Crippen molar-refractivity contribution < 1.29 is 9.18 Å². The van der Waals surface area contributed by atoms with Crippen molar-refractivity contribution in [3.8, 4) is 0 Å². The number of nitrogens with zero attached hydrogens (tertiary/aromatic N) is 2. The third-order valence-corrected chi connectivity index (χ3v) is 4.62. The highest BCUT2D eigenvalue weighted by atomic mass is 19.1. The van der Waals surface area contributed by atoms with E-state index in [0.29, 0.717) is 6.54 Å². The van der Waals surface area contributed by atoms with Crippen LogP contribution in [0.5, 0.6) is 0 Å². The van der Waals surface area contributed by atoms with Gasteiger partial charge >= 0.3 is 0 Å². The molecule has 1 saturated heterocycles. The molecule has 114 valence electrons. The molecule has 2 aliphatic rings. The summed E-state index contributed by atoms with van der Waals surface area (Å²) in [6.45, 7) is 8.12. The Morgan fingerprint density at radius 1 is 1.24 bits per heavy atom. The fraction of sp³-hybridized carbons (Fsp3) is 0.562. The third kappa shape index (κ3) is 2.56. The minimum atomic E-state index is -0.559. The summed E-state index contributed by atoms with van der Waals surface area (Å²) in [6, 6.07) is 4.73. The largest absolute Gasteiger partial charge is 0.314 e. The molecule has 1 aromatic rings. The number of carbonyl (C=O) groups is 1. The van der Waals surface area contributed by atoms with Crippen molar-refractivity contribution in [3.05, 3.63) is 29.6 Å². The van der Waals surface area contributed by atoms with Gasteiger partial charge in [0.15, 0.2) is 0 Å². The maximum absolute atomic E-state index is 13.5. The van der Waals surface area contributed by atoms with Crippen LogP contribution in [0.2, 0.25) is 0 Å². The molecule has 0 aromatic heterocycles. The normalized spacial score (nSPS) is 19.7. The number of benzene rings is 1. The van der Waals surface area contributed by atoms with Gasteiger partial charge in [-0.1, -0.05) is 6.07 Å². The van der Waals surface area contributed by atoms with Gasteiger partial charge in [-0.3, -0.25) is 9.69 Å². The summed E-state index contributed by atoms with van der Waals surface area (Å²) < 4.78 is 13.5. The number of hydrogen-bond acceptors (Lipinski definition) is 3. The molecule has 0 unspecified atom stereocenters. The van der Waals surface area contributed by atoms with E-state index in [4.69, 9.17) is 0 Å². The van der Waals surface area contributed by atoms with Gasteiger partial charge in [0, 0.05) is 38.4 Å². The van der Waals surface area contributed by atoms with Crippen molar-refractivity contribution in [1.29, 1.82) is 0 Å². The summed E-state index contributed by atoms with van der Waals surface area (Å²) in [6.07, 6.45) is 0.805. The number of rotatable bonds is 2. The van der Waals surface area contributed by atoms with Crippen LogP contribution in [0.1, 0.15) is 19.4 Å². The summed E-state index contributed by atoms with van der Waals surface area (Å²) in [7, 11) is 0. The van der Waals surface area contributed by atoms with Crippen LogP contribution >= 0.6 is 0 Å². The zero-order valence-corrected chi connectivity index (χ0v) is 12.7.